The summed E-state index contributed by atoms with van der Waals surface area (Å²) in [5, 5.41) is 9.12. The average molecular weight is 210 g/mol. The second-order valence-corrected chi connectivity index (χ2v) is 4.73. The highest BCUT2D eigenvalue weighted by Crippen LogP contribution is 2.23. The number of hydrogen-bond acceptors (Lipinski definition) is 1. The lowest BCUT2D eigenvalue weighted by atomic mass is 9.86. The third kappa shape index (κ3) is 7.45. The molecule has 0 heterocycles. The van der Waals surface area contributed by atoms with E-state index in [9.17, 15) is 0 Å². The van der Waals surface area contributed by atoms with Gasteiger partial charge in [0, 0.05) is 0 Å². The molecule has 0 fully saturated rings. The Bertz CT molecular complexity index is 180. The average Bonchev–Trinajstić information content (AvgIpc) is 2.27. The molecule has 1 heteroatoms. The van der Waals surface area contributed by atoms with Gasteiger partial charge >= 0.3 is 0 Å². The number of terminal acetylenes is 1. The van der Waals surface area contributed by atoms with Crippen LogP contribution in [0.3, 0.4) is 0 Å². The smallest absolute Gasteiger partial charge is 0.0594 e. The van der Waals surface area contributed by atoms with Gasteiger partial charge in [0.2, 0.25) is 0 Å². The minimum Gasteiger partial charge on any atom is -0.395 e. The Morgan fingerprint density at radius 2 is 1.60 bits per heavy atom. The van der Waals surface area contributed by atoms with E-state index in [-0.39, 0.29) is 12.0 Å². The van der Waals surface area contributed by atoms with Crippen LogP contribution >= 0.6 is 0 Å². The second kappa shape index (κ2) is 8.80. The summed E-state index contributed by atoms with van der Waals surface area (Å²) in [5.74, 6) is 2.69. The molecule has 0 aliphatic heterocycles. The lowest BCUT2D eigenvalue weighted by Gasteiger charge is -2.19. The number of aliphatic hydroxyl groups excluding tert-OH is 1. The van der Waals surface area contributed by atoms with E-state index in [2.05, 4.69) is 12.8 Å². The first-order valence-corrected chi connectivity index (χ1v) is 6.27. The molecule has 0 radical (unpaired) electrons. The Balaban J connectivity index is 3.35. The molecule has 1 atom stereocenters. The molecule has 0 saturated heterocycles. The van der Waals surface area contributed by atoms with Crippen LogP contribution in [0.5, 0.6) is 0 Å². The molecule has 0 rings (SSSR count). The largest absolute Gasteiger partial charge is 0.395 e. The van der Waals surface area contributed by atoms with Crippen molar-refractivity contribution in [3.63, 3.8) is 0 Å². The molecule has 0 aromatic heterocycles. The predicted molar refractivity (Wildman–Crippen MR) is 66.6 cm³/mol. The summed E-state index contributed by atoms with van der Waals surface area (Å²) >= 11 is 0. The Hall–Kier alpha value is -0.480. The summed E-state index contributed by atoms with van der Waals surface area (Å²) in [6, 6.07) is 0. The van der Waals surface area contributed by atoms with Crippen LogP contribution in [0, 0.1) is 17.8 Å². The van der Waals surface area contributed by atoms with Crippen molar-refractivity contribution in [1.29, 1.82) is 0 Å². The van der Waals surface area contributed by atoms with Crippen LogP contribution < -0.4 is 0 Å². The van der Waals surface area contributed by atoms with Crippen LogP contribution in [0.25, 0.3) is 0 Å². The zero-order valence-electron chi connectivity index (χ0n) is 10.4. The molecular weight excluding hydrogens is 184 g/mol. The van der Waals surface area contributed by atoms with E-state index in [1.807, 2.05) is 6.92 Å². The van der Waals surface area contributed by atoms with Crippen molar-refractivity contribution in [2.75, 3.05) is 6.61 Å². The van der Waals surface area contributed by atoms with Crippen molar-refractivity contribution in [3.05, 3.63) is 0 Å². The summed E-state index contributed by atoms with van der Waals surface area (Å²) in [6.45, 7) is 4.31. The Morgan fingerprint density at radius 3 is 2.07 bits per heavy atom. The van der Waals surface area contributed by atoms with Gasteiger partial charge in [-0.05, 0) is 13.3 Å². The van der Waals surface area contributed by atoms with Gasteiger partial charge in [0.15, 0.2) is 0 Å². The quantitative estimate of drug-likeness (QED) is 0.454. The first kappa shape index (κ1) is 14.5. The molecule has 1 unspecified atom stereocenters. The van der Waals surface area contributed by atoms with E-state index in [0.717, 1.165) is 12.8 Å². The van der Waals surface area contributed by atoms with Crippen LogP contribution in [0.1, 0.15) is 65.2 Å². The summed E-state index contributed by atoms with van der Waals surface area (Å²) in [5.41, 5.74) is -0.288. The fourth-order valence-electron chi connectivity index (χ4n) is 1.67. The van der Waals surface area contributed by atoms with Gasteiger partial charge in [-0.1, -0.05) is 57.8 Å². The first-order valence-electron chi connectivity index (χ1n) is 6.27. The maximum Gasteiger partial charge on any atom is 0.0594 e. The summed E-state index contributed by atoms with van der Waals surface area (Å²) in [4.78, 5) is 0. The third-order valence-electron chi connectivity index (χ3n) is 3.03. The van der Waals surface area contributed by atoms with Crippen molar-refractivity contribution < 1.29 is 5.11 Å². The minimum atomic E-state index is -0.288. The van der Waals surface area contributed by atoms with Gasteiger partial charge in [0.05, 0.1) is 12.0 Å². The number of aliphatic hydroxyl groups is 1. The van der Waals surface area contributed by atoms with E-state index >= 15 is 0 Å². The zero-order chi connectivity index (χ0) is 11.6. The van der Waals surface area contributed by atoms with Crippen molar-refractivity contribution in [3.8, 4) is 12.3 Å². The summed E-state index contributed by atoms with van der Waals surface area (Å²) in [7, 11) is 0. The molecule has 0 aliphatic rings. The molecule has 0 aromatic carbocycles. The van der Waals surface area contributed by atoms with Crippen LogP contribution in [0.2, 0.25) is 0 Å². The molecule has 0 amide bonds. The van der Waals surface area contributed by atoms with Gasteiger partial charge in [0.25, 0.3) is 0 Å². The van der Waals surface area contributed by atoms with Gasteiger partial charge < -0.3 is 5.11 Å². The van der Waals surface area contributed by atoms with Crippen molar-refractivity contribution in [1.82, 2.24) is 0 Å². The summed E-state index contributed by atoms with van der Waals surface area (Å²) < 4.78 is 0. The third-order valence-corrected chi connectivity index (χ3v) is 3.03. The van der Waals surface area contributed by atoms with Crippen LogP contribution in [-0.4, -0.2) is 11.7 Å². The van der Waals surface area contributed by atoms with E-state index in [0.29, 0.717) is 0 Å². The molecular formula is C14H26O. The van der Waals surface area contributed by atoms with Gasteiger partial charge in [-0.2, -0.15) is 0 Å². The van der Waals surface area contributed by atoms with Crippen LogP contribution in [0.4, 0.5) is 0 Å². The Labute approximate surface area is 95.3 Å². The molecule has 88 valence electrons. The van der Waals surface area contributed by atoms with E-state index in [1.54, 1.807) is 0 Å². The SMILES string of the molecule is C#CC(C)(CO)CCCCCCCCC. The first-order chi connectivity index (χ1) is 7.18. The predicted octanol–water partition coefficient (Wildman–Crippen LogP) is 3.76. The molecule has 0 bridgehead atoms. The van der Waals surface area contributed by atoms with Gasteiger partial charge in [-0.25, -0.2) is 0 Å². The topological polar surface area (TPSA) is 20.2 Å². The molecule has 15 heavy (non-hydrogen) atoms. The molecule has 0 saturated carbocycles. The highest BCUT2D eigenvalue weighted by molar-refractivity contribution is 5.02. The van der Waals surface area contributed by atoms with Crippen molar-refractivity contribution >= 4 is 0 Å². The molecule has 1 N–H and O–H groups in total. The number of hydrogen-bond donors (Lipinski definition) is 1. The van der Waals surface area contributed by atoms with Crippen molar-refractivity contribution in [2.24, 2.45) is 5.41 Å². The molecule has 1 nitrogen and oxygen atoms in total. The fourth-order valence-corrected chi connectivity index (χ4v) is 1.67. The second-order valence-electron chi connectivity index (χ2n) is 4.73. The fraction of sp³-hybridized carbons (Fsp3) is 0.857. The lowest BCUT2D eigenvalue weighted by Crippen LogP contribution is -2.18. The lowest BCUT2D eigenvalue weighted by molar-refractivity contribution is 0.180. The number of rotatable bonds is 9. The highest BCUT2D eigenvalue weighted by Gasteiger charge is 2.18. The molecule has 0 spiro atoms. The van der Waals surface area contributed by atoms with Gasteiger partial charge in [-0.3, -0.25) is 0 Å². The monoisotopic (exact) mass is 210 g/mol. The highest BCUT2D eigenvalue weighted by atomic mass is 16.3. The van der Waals surface area contributed by atoms with Crippen LogP contribution in [0.15, 0.2) is 0 Å². The van der Waals surface area contributed by atoms with E-state index in [4.69, 9.17) is 11.5 Å². The van der Waals surface area contributed by atoms with Crippen molar-refractivity contribution in [2.45, 2.75) is 65.2 Å². The van der Waals surface area contributed by atoms with E-state index < -0.39 is 0 Å². The maximum atomic E-state index is 9.12. The maximum absolute atomic E-state index is 9.12. The normalized spacial score (nSPS) is 14.5. The Morgan fingerprint density at radius 1 is 1.07 bits per heavy atom. The van der Waals surface area contributed by atoms with Gasteiger partial charge in [-0.15, -0.1) is 6.42 Å². The zero-order valence-corrected chi connectivity index (χ0v) is 10.4. The van der Waals surface area contributed by atoms with Crippen LogP contribution in [-0.2, 0) is 0 Å². The summed E-state index contributed by atoms with van der Waals surface area (Å²) in [6.07, 6.45) is 15.4. The Kier molecular flexibility index (Phi) is 8.52. The number of unbranched alkanes of at least 4 members (excludes halogenated alkanes) is 6. The standard InChI is InChI=1S/C14H26O/c1-4-6-7-8-9-10-11-12-14(3,5-2)13-15/h2,15H,4,6-13H2,1,3H3. The van der Waals surface area contributed by atoms with E-state index in [1.165, 1.54) is 38.5 Å². The van der Waals surface area contributed by atoms with Gasteiger partial charge in [0.1, 0.15) is 0 Å². The molecule has 0 aromatic rings. The molecule has 0 aliphatic carbocycles. The minimum absolute atomic E-state index is 0.110.